The third kappa shape index (κ3) is 1.73. The highest BCUT2D eigenvalue weighted by Gasteiger charge is 2.04. The summed E-state index contributed by atoms with van der Waals surface area (Å²) in [5.74, 6) is 0. The number of fused-ring (bicyclic) bond motifs is 1. The molecule has 0 amide bonds. The van der Waals surface area contributed by atoms with Crippen LogP contribution in [0.1, 0.15) is 0 Å². The Morgan fingerprint density at radius 1 is 1.06 bits per heavy atom. The predicted molar refractivity (Wildman–Crippen MR) is 71.3 cm³/mol. The summed E-state index contributed by atoms with van der Waals surface area (Å²) >= 11 is 0. The van der Waals surface area contributed by atoms with Gasteiger partial charge in [-0.1, -0.05) is 30.3 Å². The molecule has 0 radical (unpaired) electrons. The lowest BCUT2D eigenvalue weighted by Gasteiger charge is -2.04. The van der Waals surface area contributed by atoms with E-state index >= 15 is 0 Å². The predicted octanol–water partition coefficient (Wildman–Crippen LogP) is 1.94. The SMILES string of the molecule is Nc1ccn2c(=O)cc(-c3ccccc3)nc2c1. The second-order valence-electron chi connectivity index (χ2n) is 4.03. The van der Waals surface area contributed by atoms with Crippen LogP contribution in [0.5, 0.6) is 0 Å². The number of hydrogen-bond acceptors (Lipinski definition) is 3. The van der Waals surface area contributed by atoms with Gasteiger partial charge in [-0.05, 0) is 6.07 Å². The Bertz CT molecular complexity index is 763. The number of pyridine rings is 1. The van der Waals surface area contributed by atoms with E-state index in [4.69, 9.17) is 5.73 Å². The smallest absolute Gasteiger partial charge is 0.258 e. The van der Waals surface area contributed by atoms with Crippen LogP contribution in [0.4, 0.5) is 5.69 Å². The van der Waals surface area contributed by atoms with E-state index in [2.05, 4.69) is 4.98 Å². The topological polar surface area (TPSA) is 60.4 Å². The quantitative estimate of drug-likeness (QED) is 0.703. The second-order valence-corrected chi connectivity index (χ2v) is 4.03. The van der Waals surface area contributed by atoms with Gasteiger partial charge in [-0.15, -0.1) is 0 Å². The summed E-state index contributed by atoms with van der Waals surface area (Å²) in [5.41, 5.74) is 8.32. The molecule has 0 saturated carbocycles. The molecule has 4 heteroatoms. The van der Waals surface area contributed by atoms with Crippen LogP contribution in [-0.2, 0) is 0 Å². The normalized spacial score (nSPS) is 10.7. The maximum absolute atomic E-state index is 12.0. The summed E-state index contributed by atoms with van der Waals surface area (Å²) in [6, 6.07) is 14.5. The lowest BCUT2D eigenvalue weighted by atomic mass is 10.1. The zero-order valence-electron chi connectivity index (χ0n) is 9.58. The van der Waals surface area contributed by atoms with Gasteiger partial charge in [0.25, 0.3) is 5.56 Å². The van der Waals surface area contributed by atoms with Gasteiger partial charge >= 0.3 is 0 Å². The lowest BCUT2D eigenvalue weighted by molar-refractivity contribution is 1.05. The molecule has 2 N–H and O–H groups in total. The summed E-state index contributed by atoms with van der Waals surface area (Å²) < 4.78 is 1.48. The lowest BCUT2D eigenvalue weighted by Crippen LogP contribution is -2.14. The van der Waals surface area contributed by atoms with E-state index in [1.165, 1.54) is 10.5 Å². The van der Waals surface area contributed by atoms with Crippen molar-refractivity contribution < 1.29 is 0 Å². The first-order valence-electron chi connectivity index (χ1n) is 5.58. The third-order valence-electron chi connectivity index (χ3n) is 2.76. The van der Waals surface area contributed by atoms with Gasteiger partial charge in [-0.25, -0.2) is 4.98 Å². The van der Waals surface area contributed by atoms with Gasteiger partial charge in [0.2, 0.25) is 0 Å². The summed E-state index contributed by atoms with van der Waals surface area (Å²) in [7, 11) is 0. The second kappa shape index (κ2) is 4.00. The van der Waals surface area contributed by atoms with E-state index in [1.54, 1.807) is 18.3 Å². The fraction of sp³-hybridized carbons (Fsp3) is 0. The van der Waals surface area contributed by atoms with Crippen LogP contribution in [0.3, 0.4) is 0 Å². The average Bonchev–Trinajstić information content (AvgIpc) is 2.39. The molecule has 18 heavy (non-hydrogen) atoms. The van der Waals surface area contributed by atoms with Crippen LogP contribution in [0.25, 0.3) is 16.9 Å². The van der Waals surface area contributed by atoms with Crippen molar-refractivity contribution >= 4 is 11.3 Å². The highest BCUT2D eigenvalue weighted by Crippen LogP contribution is 2.16. The van der Waals surface area contributed by atoms with Crippen molar-refractivity contribution in [3.63, 3.8) is 0 Å². The Balaban J connectivity index is 2.30. The fourth-order valence-corrected chi connectivity index (χ4v) is 1.88. The maximum atomic E-state index is 12.0. The van der Waals surface area contributed by atoms with E-state index in [-0.39, 0.29) is 5.56 Å². The Morgan fingerprint density at radius 3 is 2.61 bits per heavy atom. The fourth-order valence-electron chi connectivity index (χ4n) is 1.88. The molecule has 2 aromatic heterocycles. The van der Waals surface area contributed by atoms with E-state index in [0.29, 0.717) is 17.0 Å². The molecular weight excluding hydrogens is 226 g/mol. The molecule has 3 rings (SSSR count). The van der Waals surface area contributed by atoms with E-state index in [1.807, 2.05) is 30.3 Å². The van der Waals surface area contributed by atoms with Crippen molar-refractivity contribution in [2.45, 2.75) is 0 Å². The number of anilines is 1. The van der Waals surface area contributed by atoms with Gasteiger partial charge in [-0.2, -0.15) is 0 Å². The van der Waals surface area contributed by atoms with Gasteiger partial charge in [0.05, 0.1) is 5.69 Å². The molecule has 0 spiro atoms. The Morgan fingerprint density at radius 2 is 1.83 bits per heavy atom. The molecule has 4 nitrogen and oxygen atoms in total. The molecule has 0 atom stereocenters. The maximum Gasteiger partial charge on any atom is 0.258 e. The van der Waals surface area contributed by atoms with Crippen LogP contribution in [0, 0.1) is 0 Å². The number of hydrogen-bond donors (Lipinski definition) is 1. The Kier molecular flexibility index (Phi) is 2.34. The number of nitrogens with two attached hydrogens (primary N) is 1. The van der Waals surface area contributed by atoms with E-state index < -0.39 is 0 Å². The van der Waals surface area contributed by atoms with E-state index in [9.17, 15) is 4.79 Å². The number of rotatable bonds is 1. The first kappa shape index (κ1) is 10.5. The average molecular weight is 237 g/mol. The molecule has 0 saturated heterocycles. The van der Waals surface area contributed by atoms with Crippen molar-refractivity contribution in [2.75, 3.05) is 5.73 Å². The van der Waals surface area contributed by atoms with Crippen LogP contribution < -0.4 is 11.3 Å². The highest BCUT2D eigenvalue weighted by molar-refractivity contribution is 5.62. The van der Waals surface area contributed by atoms with Crippen molar-refractivity contribution in [2.24, 2.45) is 0 Å². The molecule has 0 aliphatic heterocycles. The van der Waals surface area contributed by atoms with Crippen molar-refractivity contribution in [3.8, 4) is 11.3 Å². The van der Waals surface area contributed by atoms with Crippen molar-refractivity contribution in [1.29, 1.82) is 0 Å². The molecule has 1 aromatic carbocycles. The number of benzene rings is 1. The molecule has 0 unspecified atom stereocenters. The summed E-state index contributed by atoms with van der Waals surface area (Å²) in [6.45, 7) is 0. The zero-order valence-corrected chi connectivity index (χ0v) is 9.58. The van der Waals surface area contributed by atoms with Gasteiger partial charge in [-0.3, -0.25) is 9.20 Å². The van der Waals surface area contributed by atoms with Gasteiger partial charge in [0.1, 0.15) is 5.65 Å². The largest absolute Gasteiger partial charge is 0.399 e. The molecule has 0 fully saturated rings. The van der Waals surface area contributed by atoms with Crippen molar-refractivity contribution in [3.05, 3.63) is 65.1 Å². The molecule has 0 aliphatic carbocycles. The van der Waals surface area contributed by atoms with Gasteiger partial charge in [0, 0.05) is 29.6 Å². The van der Waals surface area contributed by atoms with Crippen LogP contribution in [0.15, 0.2) is 59.5 Å². The first-order chi connectivity index (χ1) is 8.74. The van der Waals surface area contributed by atoms with Crippen LogP contribution in [0.2, 0.25) is 0 Å². The number of nitrogens with zero attached hydrogens (tertiary/aromatic N) is 2. The monoisotopic (exact) mass is 237 g/mol. The van der Waals surface area contributed by atoms with E-state index in [0.717, 1.165) is 5.56 Å². The Labute approximate surface area is 103 Å². The minimum Gasteiger partial charge on any atom is -0.399 e. The number of aromatic nitrogens is 2. The number of nitrogen functional groups attached to an aromatic ring is 1. The molecule has 2 heterocycles. The zero-order chi connectivity index (χ0) is 12.5. The standard InChI is InChI=1S/C14H11N3O/c15-11-6-7-17-13(8-11)16-12(9-14(17)18)10-4-2-1-3-5-10/h1-9H,15H2. The molecule has 0 aliphatic rings. The minimum absolute atomic E-state index is 0.112. The van der Waals surface area contributed by atoms with Crippen LogP contribution >= 0.6 is 0 Å². The van der Waals surface area contributed by atoms with Gasteiger partial charge < -0.3 is 5.73 Å². The highest BCUT2D eigenvalue weighted by atomic mass is 16.1. The molecule has 88 valence electrons. The molecular formula is C14H11N3O. The summed E-state index contributed by atoms with van der Waals surface area (Å²) in [6.07, 6.45) is 1.63. The molecule has 3 aromatic rings. The van der Waals surface area contributed by atoms with Gasteiger partial charge in [0.15, 0.2) is 0 Å². The third-order valence-corrected chi connectivity index (χ3v) is 2.76. The minimum atomic E-state index is -0.112. The molecule has 0 bridgehead atoms. The Hall–Kier alpha value is -2.62. The summed E-state index contributed by atoms with van der Waals surface area (Å²) in [4.78, 5) is 16.4. The van der Waals surface area contributed by atoms with Crippen molar-refractivity contribution in [1.82, 2.24) is 9.38 Å². The first-order valence-corrected chi connectivity index (χ1v) is 5.58. The summed E-state index contributed by atoms with van der Waals surface area (Å²) in [5, 5.41) is 0. The van der Waals surface area contributed by atoms with Crippen LogP contribution in [-0.4, -0.2) is 9.38 Å².